The first kappa shape index (κ1) is 21.6. The maximum atomic E-state index is 12.9. The first-order valence-electron chi connectivity index (χ1n) is 9.82. The predicted octanol–water partition coefficient (Wildman–Crippen LogP) is 4.42. The molecule has 28 heavy (non-hydrogen) atoms. The van der Waals surface area contributed by atoms with Crippen molar-refractivity contribution in [2.24, 2.45) is 0 Å². The number of alkyl halides is 1. The molecule has 2 aromatic rings. The normalized spacial score (nSPS) is 20.1. The number of hydrogen-bond acceptors (Lipinski definition) is 4. The zero-order valence-electron chi connectivity index (χ0n) is 16.6. The lowest BCUT2D eigenvalue weighted by Crippen LogP contribution is -2.34. The van der Waals surface area contributed by atoms with Gasteiger partial charge in [-0.3, -0.25) is 0 Å². The third-order valence-corrected chi connectivity index (χ3v) is 7.48. The smallest absolute Gasteiger partial charge is 0.206 e. The molecular weight excluding hydrogens is 483 g/mol. The van der Waals surface area contributed by atoms with Crippen LogP contribution in [0.3, 0.4) is 0 Å². The van der Waals surface area contributed by atoms with Crippen molar-refractivity contribution in [3.05, 3.63) is 54.1 Å². The minimum atomic E-state index is -3.44. The summed E-state index contributed by atoms with van der Waals surface area (Å²) in [6.45, 7) is 3.31. The van der Waals surface area contributed by atoms with Crippen molar-refractivity contribution >= 4 is 38.1 Å². The molecule has 2 aromatic carbocycles. The maximum absolute atomic E-state index is 12.9. The predicted molar refractivity (Wildman–Crippen MR) is 124 cm³/mol. The van der Waals surface area contributed by atoms with Crippen molar-refractivity contribution in [3.63, 3.8) is 0 Å². The molecule has 2 heterocycles. The number of nitrogens with zero attached hydrogens (tertiary/aromatic N) is 2. The average Bonchev–Trinajstić information content (AvgIpc) is 3.04. The Morgan fingerprint density at radius 1 is 0.929 bits per heavy atom. The van der Waals surface area contributed by atoms with Crippen molar-refractivity contribution in [1.82, 2.24) is 4.90 Å². The second kappa shape index (κ2) is 9.59. The minimum Gasteiger partial charge on any atom is -0.368 e. The summed E-state index contributed by atoms with van der Waals surface area (Å²) >= 11 is 2.15. The number of halogens is 1. The average molecular weight is 512 g/mol. The van der Waals surface area contributed by atoms with Crippen molar-refractivity contribution < 1.29 is 8.42 Å². The summed E-state index contributed by atoms with van der Waals surface area (Å²) in [5.74, 6) is 0. The number of likely N-dealkylation sites (tertiary alicyclic amines) is 1. The Labute approximate surface area is 183 Å². The van der Waals surface area contributed by atoms with Gasteiger partial charge in [0.25, 0.3) is 0 Å². The standard InChI is InChI=1S/C21H26N2O2S.CH3I/c1-22-13-5-6-18(12-14-22)23-15-11-17-16-20(9-10-21(17)23)26(24,25)19-7-3-2-4-8-19;1-2/h2-4,7-10,16,18H,5-6,11-15H2,1H3;1H3. The monoisotopic (exact) mass is 512 g/mol. The fourth-order valence-corrected chi connectivity index (χ4v) is 5.55. The summed E-state index contributed by atoms with van der Waals surface area (Å²) in [6, 6.07) is 15.0. The van der Waals surface area contributed by atoms with Crippen LogP contribution in [0.25, 0.3) is 0 Å². The molecule has 4 rings (SSSR count). The number of hydrogen-bond donors (Lipinski definition) is 0. The van der Waals surface area contributed by atoms with Gasteiger partial charge in [-0.2, -0.15) is 0 Å². The summed E-state index contributed by atoms with van der Waals surface area (Å²) in [4.78, 5) is 7.66. The van der Waals surface area contributed by atoms with Gasteiger partial charge >= 0.3 is 0 Å². The number of sulfone groups is 1. The summed E-state index contributed by atoms with van der Waals surface area (Å²) in [6.07, 6.45) is 4.56. The Morgan fingerprint density at radius 2 is 1.68 bits per heavy atom. The van der Waals surface area contributed by atoms with Crippen LogP contribution in [0.15, 0.2) is 58.3 Å². The van der Waals surface area contributed by atoms with Crippen LogP contribution >= 0.6 is 22.6 Å². The SMILES string of the molecule is CI.CN1CCCC(N2CCc3cc(S(=O)(=O)c4ccccc4)ccc32)CC1. The molecule has 6 heteroatoms. The highest BCUT2D eigenvalue weighted by Gasteiger charge is 2.29. The lowest BCUT2D eigenvalue weighted by molar-refractivity contribution is 0.346. The van der Waals surface area contributed by atoms with E-state index in [-0.39, 0.29) is 0 Å². The fraction of sp³-hybridized carbons (Fsp3) is 0.455. The Balaban J connectivity index is 0.00000109. The van der Waals surface area contributed by atoms with Gasteiger partial charge in [-0.1, -0.05) is 40.8 Å². The molecule has 0 N–H and O–H groups in total. The molecule has 0 bridgehead atoms. The Kier molecular flexibility index (Phi) is 7.39. The van der Waals surface area contributed by atoms with Crippen molar-refractivity contribution in [2.75, 3.05) is 36.5 Å². The van der Waals surface area contributed by atoms with E-state index in [1.54, 1.807) is 30.3 Å². The van der Waals surface area contributed by atoms with E-state index in [0.29, 0.717) is 15.8 Å². The van der Waals surface area contributed by atoms with E-state index in [2.05, 4.69) is 39.4 Å². The largest absolute Gasteiger partial charge is 0.368 e. The van der Waals surface area contributed by atoms with Crippen molar-refractivity contribution in [1.29, 1.82) is 0 Å². The molecule has 1 unspecified atom stereocenters. The number of rotatable bonds is 3. The van der Waals surface area contributed by atoms with Gasteiger partial charge in [0, 0.05) is 18.3 Å². The molecule has 0 amide bonds. The first-order valence-corrected chi connectivity index (χ1v) is 13.5. The highest BCUT2D eigenvalue weighted by molar-refractivity contribution is 14.1. The first-order chi connectivity index (χ1) is 13.6. The quantitative estimate of drug-likeness (QED) is 0.451. The topological polar surface area (TPSA) is 40.6 Å². The Bertz CT molecular complexity index is 887. The van der Waals surface area contributed by atoms with Gasteiger partial charge in [0.1, 0.15) is 0 Å². The minimum absolute atomic E-state index is 0.363. The molecule has 2 aliphatic heterocycles. The van der Waals surface area contributed by atoms with Crippen molar-refractivity contribution in [2.45, 2.75) is 41.5 Å². The Morgan fingerprint density at radius 3 is 2.43 bits per heavy atom. The fourth-order valence-electron chi connectivity index (χ4n) is 4.22. The molecule has 0 aromatic heterocycles. The lowest BCUT2D eigenvalue weighted by atomic mass is 10.1. The molecular formula is C22H29IN2O2S. The van der Waals surface area contributed by atoms with Crippen LogP contribution in [0.5, 0.6) is 0 Å². The van der Waals surface area contributed by atoms with E-state index in [9.17, 15) is 8.42 Å². The second-order valence-electron chi connectivity index (χ2n) is 7.44. The molecule has 0 aliphatic carbocycles. The molecule has 2 aliphatic rings. The van der Waals surface area contributed by atoms with Gasteiger partial charge in [0.15, 0.2) is 0 Å². The number of fused-ring (bicyclic) bond motifs is 1. The van der Waals surface area contributed by atoms with E-state index < -0.39 is 9.84 Å². The van der Waals surface area contributed by atoms with Crippen LogP contribution in [-0.4, -0.2) is 51.0 Å². The molecule has 1 saturated heterocycles. The lowest BCUT2D eigenvalue weighted by Gasteiger charge is -2.29. The molecule has 4 nitrogen and oxygen atoms in total. The second-order valence-corrected chi connectivity index (χ2v) is 9.39. The molecule has 1 atom stereocenters. The van der Waals surface area contributed by atoms with Crippen LogP contribution in [0, 0.1) is 0 Å². The van der Waals surface area contributed by atoms with Gasteiger partial charge in [0.05, 0.1) is 9.79 Å². The van der Waals surface area contributed by atoms with Crippen LogP contribution < -0.4 is 4.90 Å². The number of anilines is 1. The number of benzene rings is 2. The van der Waals surface area contributed by atoms with Crippen LogP contribution in [0.4, 0.5) is 5.69 Å². The summed E-state index contributed by atoms with van der Waals surface area (Å²) < 4.78 is 25.8. The zero-order chi connectivity index (χ0) is 20.1. The van der Waals surface area contributed by atoms with Crippen LogP contribution in [0.1, 0.15) is 24.8 Å². The molecule has 152 valence electrons. The van der Waals surface area contributed by atoms with E-state index in [4.69, 9.17) is 0 Å². The molecule has 0 radical (unpaired) electrons. The highest BCUT2D eigenvalue weighted by Crippen LogP contribution is 2.35. The molecule has 0 saturated carbocycles. The maximum Gasteiger partial charge on any atom is 0.206 e. The van der Waals surface area contributed by atoms with Crippen molar-refractivity contribution in [3.8, 4) is 0 Å². The van der Waals surface area contributed by atoms with Gasteiger partial charge in [-0.15, -0.1) is 0 Å². The van der Waals surface area contributed by atoms with Crippen LogP contribution in [-0.2, 0) is 16.3 Å². The highest BCUT2D eigenvalue weighted by atomic mass is 127. The van der Waals surface area contributed by atoms with Gasteiger partial charge in [-0.25, -0.2) is 8.42 Å². The van der Waals surface area contributed by atoms with E-state index in [0.717, 1.165) is 19.5 Å². The Hall–Kier alpha value is -1.12. The van der Waals surface area contributed by atoms with E-state index in [1.165, 1.54) is 37.1 Å². The third-order valence-electron chi connectivity index (χ3n) is 5.71. The van der Waals surface area contributed by atoms with Gasteiger partial charge < -0.3 is 9.80 Å². The van der Waals surface area contributed by atoms with Crippen LogP contribution in [0.2, 0.25) is 0 Å². The summed E-state index contributed by atoms with van der Waals surface area (Å²) in [5.41, 5.74) is 2.39. The van der Waals surface area contributed by atoms with Gasteiger partial charge in [-0.05, 0) is 86.6 Å². The summed E-state index contributed by atoms with van der Waals surface area (Å²) in [7, 11) is -1.25. The zero-order valence-corrected chi connectivity index (χ0v) is 19.6. The van der Waals surface area contributed by atoms with E-state index >= 15 is 0 Å². The third kappa shape index (κ3) is 4.54. The van der Waals surface area contributed by atoms with Gasteiger partial charge in [0.2, 0.25) is 9.84 Å². The molecule has 0 spiro atoms. The molecule has 1 fully saturated rings. The van der Waals surface area contributed by atoms with E-state index in [1.807, 2.05) is 23.1 Å². The summed E-state index contributed by atoms with van der Waals surface area (Å²) in [5, 5.41) is 0.